The molecule has 110 valence electrons. The van der Waals surface area contributed by atoms with Crippen molar-refractivity contribution in [2.24, 2.45) is 0 Å². The van der Waals surface area contributed by atoms with E-state index in [2.05, 4.69) is 50.4 Å². The van der Waals surface area contributed by atoms with Crippen LogP contribution >= 0.6 is 11.6 Å². The van der Waals surface area contributed by atoms with Gasteiger partial charge in [-0.3, -0.25) is 4.79 Å². The molecular formula is C18H20ClNO. The number of amides is 1. The summed E-state index contributed by atoms with van der Waals surface area (Å²) < 4.78 is 0. The van der Waals surface area contributed by atoms with Crippen LogP contribution in [0.5, 0.6) is 0 Å². The maximum absolute atomic E-state index is 12.0. The topological polar surface area (TPSA) is 29.1 Å². The summed E-state index contributed by atoms with van der Waals surface area (Å²) in [6.07, 6.45) is 0. The number of benzene rings is 2. The minimum Gasteiger partial charge on any atom is -0.348 e. The van der Waals surface area contributed by atoms with Crippen molar-refractivity contribution in [3.8, 4) is 0 Å². The quantitative estimate of drug-likeness (QED) is 0.884. The standard InChI is InChI=1S/C18H20ClNO/c1-18(2,3)15-8-4-13(5-9-15)12-20-17(21)14-6-10-16(19)11-7-14/h4-11H,12H2,1-3H3,(H,20,21). The van der Waals surface area contributed by atoms with Gasteiger partial charge in [0.25, 0.3) is 5.91 Å². The van der Waals surface area contributed by atoms with Crippen molar-refractivity contribution in [3.63, 3.8) is 0 Å². The first kappa shape index (κ1) is 15.6. The van der Waals surface area contributed by atoms with Crippen molar-refractivity contribution in [2.45, 2.75) is 32.7 Å². The molecule has 0 unspecified atom stereocenters. The van der Waals surface area contributed by atoms with Gasteiger partial charge in [0.15, 0.2) is 0 Å². The fourth-order valence-electron chi connectivity index (χ4n) is 2.01. The van der Waals surface area contributed by atoms with Crippen LogP contribution in [-0.2, 0) is 12.0 Å². The van der Waals surface area contributed by atoms with Gasteiger partial charge in [-0.15, -0.1) is 0 Å². The molecule has 0 heterocycles. The first-order valence-corrected chi connectivity index (χ1v) is 7.37. The zero-order chi connectivity index (χ0) is 15.5. The molecule has 0 spiro atoms. The van der Waals surface area contributed by atoms with Gasteiger partial charge in [0.05, 0.1) is 0 Å². The molecule has 2 nitrogen and oxygen atoms in total. The van der Waals surface area contributed by atoms with Crippen LogP contribution in [0.1, 0.15) is 42.3 Å². The van der Waals surface area contributed by atoms with Crippen LogP contribution in [0.3, 0.4) is 0 Å². The molecule has 0 saturated heterocycles. The smallest absolute Gasteiger partial charge is 0.251 e. The summed E-state index contributed by atoms with van der Waals surface area (Å²) in [5, 5.41) is 3.54. The summed E-state index contributed by atoms with van der Waals surface area (Å²) in [5.74, 6) is -0.0911. The number of hydrogen-bond donors (Lipinski definition) is 1. The highest BCUT2D eigenvalue weighted by Crippen LogP contribution is 2.22. The van der Waals surface area contributed by atoms with Crippen molar-refractivity contribution in [1.29, 1.82) is 0 Å². The molecule has 2 aromatic rings. The van der Waals surface area contributed by atoms with Crippen LogP contribution in [0.25, 0.3) is 0 Å². The number of nitrogens with one attached hydrogen (secondary N) is 1. The monoisotopic (exact) mass is 301 g/mol. The van der Waals surface area contributed by atoms with Crippen molar-refractivity contribution in [1.82, 2.24) is 5.32 Å². The first-order valence-electron chi connectivity index (χ1n) is 6.99. The lowest BCUT2D eigenvalue weighted by Crippen LogP contribution is -2.22. The largest absolute Gasteiger partial charge is 0.348 e. The summed E-state index contributed by atoms with van der Waals surface area (Å²) in [7, 11) is 0. The van der Waals surface area contributed by atoms with Gasteiger partial charge in [-0.25, -0.2) is 0 Å². The Hall–Kier alpha value is -1.80. The van der Waals surface area contributed by atoms with E-state index < -0.39 is 0 Å². The minimum atomic E-state index is -0.0911. The van der Waals surface area contributed by atoms with Crippen molar-refractivity contribution < 1.29 is 4.79 Å². The minimum absolute atomic E-state index is 0.0911. The lowest BCUT2D eigenvalue weighted by molar-refractivity contribution is 0.0951. The Morgan fingerprint density at radius 2 is 1.57 bits per heavy atom. The maximum atomic E-state index is 12.0. The zero-order valence-electron chi connectivity index (χ0n) is 12.6. The molecule has 0 fully saturated rings. The molecule has 1 N–H and O–H groups in total. The average Bonchev–Trinajstić information content (AvgIpc) is 2.45. The summed E-state index contributed by atoms with van der Waals surface area (Å²) >= 11 is 5.81. The second kappa shape index (κ2) is 6.31. The van der Waals surface area contributed by atoms with E-state index in [0.29, 0.717) is 17.1 Å². The normalized spacial score (nSPS) is 11.2. The summed E-state index contributed by atoms with van der Waals surface area (Å²) in [5.41, 5.74) is 3.14. The summed E-state index contributed by atoms with van der Waals surface area (Å²) in [4.78, 5) is 12.0. The van der Waals surface area contributed by atoms with E-state index in [-0.39, 0.29) is 11.3 Å². The van der Waals surface area contributed by atoms with E-state index in [1.54, 1.807) is 24.3 Å². The number of halogens is 1. The second-order valence-electron chi connectivity index (χ2n) is 6.14. The third-order valence-electron chi connectivity index (χ3n) is 3.38. The molecule has 0 aliphatic carbocycles. The Kier molecular flexibility index (Phi) is 4.69. The van der Waals surface area contributed by atoms with Gasteiger partial charge in [-0.05, 0) is 40.8 Å². The third kappa shape index (κ3) is 4.33. The molecule has 0 atom stereocenters. The highest BCUT2D eigenvalue weighted by atomic mass is 35.5. The molecule has 3 heteroatoms. The zero-order valence-corrected chi connectivity index (χ0v) is 13.4. The number of carbonyl (C=O) groups excluding carboxylic acids is 1. The molecule has 0 bridgehead atoms. The number of carbonyl (C=O) groups is 1. The summed E-state index contributed by atoms with van der Waals surface area (Å²) in [6, 6.07) is 15.2. The van der Waals surface area contributed by atoms with Gasteiger partial charge in [0.1, 0.15) is 0 Å². The Balaban J connectivity index is 1.97. The van der Waals surface area contributed by atoms with E-state index >= 15 is 0 Å². The third-order valence-corrected chi connectivity index (χ3v) is 3.63. The highest BCUT2D eigenvalue weighted by Gasteiger charge is 2.13. The SMILES string of the molecule is CC(C)(C)c1ccc(CNC(=O)c2ccc(Cl)cc2)cc1. The lowest BCUT2D eigenvalue weighted by Gasteiger charge is -2.19. The van der Waals surface area contributed by atoms with Gasteiger partial charge in [0.2, 0.25) is 0 Å². The maximum Gasteiger partial charge on any atom is 0.251 e. The second-order valence-corrected chi connectivity index (χ2v) is 6.57. The van der Waals surface area contributed by atoms with Crippen LogP contribution < -0.4 is 5.32 Å². The lowest BCUT2D eigenvalue weighted by atomic mass is 9.87. The highest BCUT2D eigenvalue weighted by molar-refractivity contribution is 6.30. The fourth-order valence-corrected chi connectivity index (χ4v) is 2.13. The Morgan fingerprint density at radius 3 is 2.10 bits per heavy atom. The van der Waals surface area contributed by atoms with Crippen molar-refractivity contribution in [3.05, 3.63) is 70.2 Å². The summed E-state index contributed by atoms with van der Waals surface area (Å²) in [6.45, 7) is 7.07. The average molecular weight is 302 g/mol. The van der Waals surface area contributed by atoms with E-state index in [9.17, 15) is 4.79 Å². The van der Waals surface area contributed by atoms with Crippen LogP contribution in [0.15, 0.2) is 48.5 Å². The fraction of sp³-hybridized carbons (Fsp3) is 0.278. The molecule has 0 aliphatic heterocycles. The van der Waals surface area contributed by atoms with Gasteiger partial charge in [-0.1, -0.05) is 56.6 Å². The van der Waals surface area contributed by atoms with Gasteiger partial charge in [0, 0.05) is 17.1 Å². The molecule has 21 heavy (non-hydrogen) atoms. The molecular weight excluding hydrogens is 282 g/mol. The molecule has 0 aliphatic rings. The van der Waals surface area contributed by atoms with Crippen molar-refractivity contribution >= 4 is 17.5 Å². The molecule has 2 rings (SSSR count). The van der Waals surface area contributed by atoms with Gasteiger partial charge in [-0.2, -0.15) is 0 Å². The molecule has 2 aromatic carbocycles. The van der Waals surface area contributed by atoms with Crippen LogP contribution in [0.2, 0.25) is 5.02 Å². The van der Waals surface area contributed by atoms with Gasteiger partial charge >= 0.3 is 0 Å². The first-order chi connectivity index (χ1) is 9.86. The van der Waals surface area contributed by atoms with E-state index in [4.69, 9.17) is 11.6 Å². The van der Waals surface area contributed by atoms with Crippen LogP contribution in [-0.4, -0.2) is 5.91 Å². The predicted molar refractivity (Wildman–Crippen MR) is 87.8 cm³/mol. The van der Waals surface area contributed by atoms with Crippen LogP contribution in [0, 0.1) is 0 Å². The number of hydrogen-bond acceptors (Lipinski definition) is 1. The van der Waals surface area contributed by atoms with Gasteiger partial charge < -0.3 is 5.32 Å². The number of rotatable bonds is 3. The van der Waals surface area contributed by atoms with E-state index in [1.165, 1.54) is 5.56 Å². The molecule has 0 aromatic heterocycles. The Bertz CT molecular complexity index is 609. The Labute approximate surface area is 131 Å². The van der Waals surface area contributed by atoms with E-state index in [1.807, 2.05) is 0 Å². The molecule has 1 amide bonds. The molecule has 0 saturated carbocycles. The van der Waals surface area contributed by atoms with E-state index in [0.717, 1.165) is 5.56 Å². The van der Waals surface area contributed by atoms with Crippen LogP contribution in [0.4, 0.5) is 0 Å². The Morgan fingerprint density at radius 1 is 1.00 bits per heavy atom. The predicted octanol–water partition coefficient (Wildman–Crippen LogP) is 4.57. The molecule has 0 radical (unpaired) electrons. The van der Waals surface area contributed by atoms with Crippen molar-refractivity contribution in [2.75, 3.05) is 0 Å².